The molecular formula is C26H24ClNO7. The average Bonchev–Trinajstić information content (AvgIpc) is 2.86. The van der Waals surface area contributed by atoms with Gasteiger partial charge in [-0.25, -0.2) is 9.59 Å². The highest BCUT2D eigenvalue weighted by Gasteiger charge is 2.34. The van der Waals surface area contributed by atoms with E-state index in [2.05, 4.69) is 0 Å². The molecule has 0 spiro atoms. The van der Waals surface area contributed by atoms with Gasteiger partial charge in [-0.15, -0.1) is 5.06 Å². The molecule has 1 aliphatic rings. The lowest BCUT2D eigenvalue weighted by molar-refractivity contribution is -0.152. The SMILES string of the molecule is COc1cccc(COC(=O)ON2CCc3ccccc3C2c2cc(Cl)ccc2OCC(=O)O)c1. The van der Waals surface area contributed by atoms with Crippen molar-refractivity contribution in [2.75, 3.05) is 20.3 Å². The molecule has 35 heavy (non-hydrogen) atoms. The summed E-state index contributed by atoms with van der Waals surface area (Å²) in [5, 5.41) is 11.0. The van der Waals surface area contributed by atoms with Crippen molar-refractivity contribution < 1.29 is 33.7 Å². The van der Waals surface area contributed by atoms with Crippen LogP contribution in [0.3, 0.4) is 0 Å². The first kappa shape index (κ1) is 24.4. The fourth-order valence-electron chi connectivity index (χ4n) is 4.00. The molecule has 0 saturated carbocycles. The number of nitrogens with zero attached hydrogens (tertiary/aromatic N) is 1. The quantitative estimate of drug-likeness (QED) is 0.433. The number of carboxylic acids is 1. The first-order valence-electron chi connectivity index (χ1n) is 10.9. The summed E-state index contributed by atoms with van der Waals surface area (Å²) >= 11 is 6.29. The number of carbonyl (C=O) groups excluding carboxylic acids is 1. The Labute approximate surface area is 207 Å². The zero-order chi connectivity index (χ0) is 24.8. The largest absolute Gasteiger partial charge is 0.528 e. The number of carbonyl (C=O) groups is 2. The van der Waals surface area contributed by atoms with E-state index in [1.165, 1.54) is 5.06 Å². The third kappa shape index (κ3) is 6.03. The van der Waals surface area contributed by atoms with Crippen LogP contribution in [0.15, 0.2) is 66.7 Å². The minimum atomic E-state index is -1.11. The van der Waals surface area contributed by atoms with Gasteiger partial charge in [0.25, 0.3) is 0 Å². The van der Waals surface area contributed by atoms with Crippen molar-refractivity contribution in [1.29, 1.82) is 0 Å². The molecule has 9 heteroatoms. The molecule has 1 atom stereocenters. The number of benzene rings is 3. The summed E-state index contributed by atoms with van der Waals surface area (Å²) in [6.45, 7) is -0.122. The first-order chi connectivity index (χ1) is 16.9. The smallest absolute Gasteiger partial charge is 0.497 e. The van der Waals surface area contributed by atoms with Crippen molar-refractivity contribution in [2.45, 2.75) is 19.1 Å². The van der Waals surface area contributed by atoms with Crippen LogP contribution < -0.4 is 9.47 Å². The molecular weight excluding hydrogens is 474 g/mol. The van der Waals surface area contributed by atoms with Crippen LogP contribution in [0, 0.1) is 0 Å². The number of halogens is 1. The number of hydrogen-bond acceptors (Lipinski definition) is 7. The Morgan fingerprint density at radius 3 is 2.69 bits per heavy atom. The molecule has 0 radical (unpaired) electrons. The molecule has 0 saturated heterocycles. The molecule has 8 nitrogen and oxygen atoms in total. The summed E-state index contributed by atoms with van der Waals surface area (Å²) in [6, 6.07) is 19.3. The standard InChI is InChI=1S/C26H24ClNO7/c1-32-20-7-4-5-17(13-20)15-34-26(31)35-28-12-11-18-6-2-3-8-21(18)25(28)22-14-19(27)9-10-23(22)33-16-24(29)30/h2-10,13-14,25H,11-12,15-16H2,1H3,(H,29,30). The van der Waals surface area contributed by atoms with E-state index in [0.29, 0.717) is 35.1 Å². The molecule has 0 amide bonds. The summed E-state index contributed by atoms with van der Waals surface area (Å²) in [5.41, 5.74) is 3.29. The number of rotatable bonds is 8. The van der Waals surface area contributed by atoms with E-state index in [1.54, 1.807) is 43.5 Å². The number of fused-ring (bicyclic) bond motifs is 1. The Morgan fingerprint density at radius 2 is 1.89 bits per heavy atom. The molecule has 3 aromatic carbocycles. The highest BCUT2D eigenvalue weighted by Crippen LogP contribution is 2.40. The molecule has 182 valence electrons. The molecule has 0 fully saturated rings. The van der Waals surface area contributed by atoms with Gasteiger partial charge in [0.05, 0.1) is 13.2 Å². The van der Waals surface area contributed by atoms with Gasteiger partial charge in [0.2, 0.25) is 0 Å². The van der Waals surface area contributed by atoms with Gasteiger partial charge < -0.3 is 24.2 Å². The Balaban J connectivity index is 1.59. The predicted molar refractivity (Wildman–Crippen MR) is 128 cm³/mol. The Kier molecular flexibility index (Phi) is 7.74. The van der Waals surface area contributed by atoms with Crippen LogP contribution in [0.2, 0.25) is 5.02 Å². The molecule has 1 N–H and O–H groups in total. The van der Waals surface area contributed by atoms with Crippen LogP contribution in [0.5, 0.6) is 11.5 Å². The Morgan fingerprint density at radius 1 is 1.06 bits per heavy atom. The van der Waals surface area contributed by atoms with Crippen molar-refractivity contribution in [2.24, 2.45) is 0 Å². The molecule has 1 unspecified atom stereocenters. The van der Waals surface area contributed by atoms with Gasteiger partial charge in [-0.3, -0.25) is 0 Å². The summed E-state index contributed by atoms with van der Waals surface area (Å²) in [7, 11) is 1.56. The van der Waals surface area contributed by atoms with Gasteiger partial charge in [-0.2, -0.15) is 0 Å². The second-order valence-corrected chi connectivity index (χ2v) is 8.27. The van der Waals surface area contributed by atoms with Crippen molar-refractivity contribution in [3.63, 3.8) is 0 Å². The zero-order valence-electron chi connectivity index (χ0n) is 19.0. The van der Waals surface area contributed by atoms with Crippen LogP contribution in [-0.2, 0) is 27.4 Å². The highest BCUT2D eigenvalue weighted by molar-refractivity contribution is 6.30. The van der Waals surface area contributed by atoms with Crippen molar-refractivity contribution in [1.82, 2.24) is 5.06 Å². The Hall–Kier alpha value is -3.75. The topological polar surface area (TPSA) is 94.5 Å². The van der Waals surface area contributed by atoms with Gasteiger partial charge in [0.1, 0.15) is 18.1 Å². The van der Waals surface area contributed by atoms with Crippen LogP contribution in [0.4, 0.5) is 4.79 Å². The highest BCUT2D eigenvalue weighted by atomic mass is 35.5. The van der Waals surface area contributed by atoms with E-state index in [9.17, 15) is 9.59 Å². The lowest BCUT2D eigenvalue weighted by Crippen LogP contribution is -2.38. The van der Waals surface area contributed by atoms with E-state index in [-0.39, 0.29) is 6.61 Å². The van der Waals surface area contributed by atoms with Crippen molar-refractivity contribution in [3.05, 3.63) is 94.0 Å². The third-order valence-corrected chi connectivity index (χ3v) is 5.77. The average molecular weight is 498 g/mol. The van der Waals surface area contributed by atoms with E-state index in [4.69, 9.17) is 35.8 Å². The molecule has 4 rings (SSSR count). The Bertz CT molecular complexity index is 1220. The number of carboxylic acid groups (broad SMARTS) is 1. The lowest BCUT2D eigenvalue weighted by Gasteiger charge is -2.36. The van der Waals surface area contributed by atoms with Crippen molar-refractivity contribution >= 4 is 23.7 Å². The minimum absolute atomic E-state index is 0.00919. The molecule has 3 aromatic rings. The third-order valence-electron chi connectivity index (χ3n) is 5.54. The molecule has 0 aliphatic carbocycles. The maximum absolute atomic E-state index is 12.6. The minimum Gasteiger partial charge on any atom is -0.497 e. The number of methoxy groups -OCH3 is 1. The molecule has 0 aromatic heterocycles. The van der Waals surface area contributed by atoms with Gasteiger partial charge >= 0.3 is 12.1 Å². The second-order valence-electron chi connectivity index (χ2n) is 7.84. The van der Waals surface area contributed by atoms with E-state index >= 15 is 0 Å². The van der Waals surface area contributed by atoms with Crippen LogP contribution in [0.1, 0.15) is 28.3 Å². The molecule has 1 aliphatic heterocycles. The summed E-state index contributed by atoms with van der Waals surface area (Å²) in [4.78, 5) is 29.4. The van der Waals surface area contributed by atoms with Gasteiger partial charge in [0, 0.05) is 17.1 Å². The first-order valence-corrected chi connectivity index (χ1v) is 11.3. The van der Waals surface area contributed by atoms with E-state index in [1.807, 2.05) is 30.3 Å². The lowest BCUT2D eigenvalue weighted by atomic mass is 9.89. The summed E-state index contributed by atoms with van der Waals surface area (Å²) in [5.74, 6) is -0.122. The number of ether oxygens (including phenoxy) is 3. The second kappa shape index (κ2) is 11.1. The van der Waals surface area contributed by atoms with Gasteiger partial charge in [-0.05, 0) is 53.4 Å². The molecule has 0 bridgehead atoms. The van der Waals surface area contributed by atoms with E-state index in [0.717, 1.165) is 16.7 Å². The summed E-state index contributed by atoms with van der Waals surface area (Å²) in [6.07, 6.45) is -0.228. The number of hydrogen-bond donors (Lipinski definition) is 1. The van der Waals surface area contributed by atoms with Gasteiger partial charge in [-0.1, -0.05) is 48.0 Å². The normalized spacial score (nSPS) is 15.1. The van der Waals surface area contributed by atoms with Crippen molar-refractivity contribution in [3.8, 4) is 11.5 Å². The monoisotopic (exact) mass is 497 g/mol. The molecule has 1 heterocycles. The predicted octanol–water partition coefficient (Wildman–Crippen LogP) is 5.03. The maximum atomic E-state index is 12.6. The zero-order valence-corrected chi connectivity index (χ0v) is 19.7. The van der Waals surface area contributed by atoms with Gasteiger partial charge in [0.15, 0.2) is 6.61 Å². The number of hydroxylamine groups is 2. The number of aliphatic carboxylic acids is 1. The maximum Gasteiger partial charge on any atom is 0.528 e. The van der Waals surface area contributed by atoms with Crippen LogP contribution >= 0.6 is 11.6 Å². The fraction of sp³-hybridized carbons (Fsp3) is 0.231. The van der Waals surface area contributed by atoms with Crippen LogP contribution in [0.25, 0.3) is 0 Å². The fourth-order valence-corrected chi connectivity index (χ4v) is 4.18. The van der Waals surface area contributed by atoms with Crippen LogP contribution in [-0.4, -0.2) is 42.6 Å². The van der Waals surface area contributed by atoms with E-state index < -0.39 is 24.8 Å². The summed E-state index contributed by atoms with van der Waals surface area (Å²) < 4.78 is 16.1.